The van der Waals surface area contributed by atoms with E-state index in [0.717, 1.165) is 12.2 Å². The molecule has 5 nitrogen and oxygen atoms in total. The number of pyridine rings is 1. The van der Waals surface area contributed by atoms with Crippen molar-refractivity contribution < 1.29 is 9.90 Å². The minimum atomic E-state index is -0.952. The second kappa shape index (κ2) is 3.04. The van der Waals surface area contributed by atoms with Crippen LogP contribution in [0.1, 0.15) is 35.4 Å². The number of imidazole rings is 1. The number of aromatic amines is 1. The Morgan fingerprint density at radius 3 is 3.00 bits per heavy atom. The number of rotatable bonds is 2. The van der Waals surface area contributed by atoms with Crippen LogP contribution in [0.2, 0.25) is 0 Å². The fourth-order valence-electron chi connectivity index (χ4n) is 1.99. The Bertz CT molecular complexity index is 576. The lowest BCUT2D eigenvalue weighted by Gasteiger charge is -1.93. The van der Waals surface area contributed by atoms with Gasteiger partial charge in [0.05, 0.1) is 11.1 Å². The molecule has 16 heavy (non-hydrogen) atoms. The van der Waals surface area contributed by atoms with Crippen molar-refractivity contribution in [1.82, 2.24) is 15.0 Å². The molecule has 2 unspecified atom stereocenters. The molecule has 0 saturated heterocycles. The lowest BCUT2D eigenvalue weighted by atomic mass is 10.2. The van der Waals surface area contributed by atoms with Crippen LogP contribution in [-0.2, 0) is 0 Å². The van der Waals surface area contributed by atoms with Crippen molar-refractivity contribution in [3.05, 3.63) is 23.7 Å². The summed E-state index contributed by atoms with van der Waals surface area (Å²) in [7, 11) is 0. The molecule has 2 aromatic rings. The summed E-state index contributed by atoms with van der Waals surface area (Å²) >= 11 is 0. The highest BCUT2D eigenvalue weighted by molar-refractivity contribution is 5.99. The lowest BCUT2D eigenvalue weighted by molar-refractivity contribution is 0.0699. The van der Waals surface area contributed by atoms with Gasteiger partial charge in [0.2, 0.25) is 0 Å². The minimum Gasteiger partial charge on any atom is -0.478 e. The molecule has 1 fully saturated rings. The maximum absolute atomic E-state index is 11.0. The summed E-state index contributed by atoms with van der Waals surface area (Å²) in [6.07, 6.45) is 2.59. The molecule has 82 valence electrons. The van der Waals surface area contributed by atoms with Crippen LogP contribution in [-0.4, -0.2) is 26.0 Å². The number of nitrogens with zero attached hydrogens (tertiary/aromatic N) is 2. The number of carbonyl (C=O) groups is 1. The third-order valence-electron chi connectivity index (χ3n) is 3.10. The number of carboxylic acids is 1. The molecule has 2 atom stereocenters. The molecule has 0 aliphatic heterocycles. The zero-order chi connectivity index (χ0) is 11.3. The van der Waals surface area contributed by atoms with Gasteiger partial charge in [-0.15, -0.1) is 0 Å². The average molecular weight is 217 g/mol. The predicted octanol–water partition coefficient (Wildman–Crippen LogP) is 1.78. The Morgan fingerprint density at radius 2 is 2.38 bits per heavy atom. The summed E-state index contributed by atoms with van der Waals surface area (Å²) in [5.41, 5.74) is 1.26. The van der Waals surface area contributed by atoms with E-state index >= 15 is 0 Å². The van der Waals surface area contributed by atoms with Crippen molar-refractivity contribution in [3.8, 4) is 0 Å². The summed E-state index contributed by atoms with van der Waals surface area (Å²) < 4.78 is 0. The van der Waals surface area contributed by atoms with E-state index in [0.29, 0.717) is 23.0 Å². The number of carboxylic acid groups (broad SMARTS) is 1. The lowest BCUT2D eigenvalue weighted by Crippen LogP contribution is -1.97. The first-order valence-corrected chi connectivity index (χ1v) is 5.24. The normalized spacial score (nSPS) is 23.6. The molecule has 1 aliphatic carbocycles. The third kappa shape index (κ3) is 1.28. The van der Waals surface area contributed by atoms with E-state index in [-0.39, 0.29) is 5.56 Å². The molecule has 3 rings (SSSR count). The number of hydrogen-bond acceptors (Lipinski definition) is 3. The number of aromatic carboxylic acids is 1. The van der Waals surface area contributed by atoms with Gasteiger partial charge in [-0.05, 0) is 18.4 Å². The highest BCUT2D eigenvalue weighted by Crippen LogP contribution is 2.45. The van der Waals surface area contributed by atoms with E-state index in [1.54, 1.807) is 0 Å². The number of H-pyrrole nitrogens is 1. The second-order valence-corrected chi connectivity index (χ2v) is 4.30. The van der Waals surface area contributed by atoms with Crippen molar-refractivity contribution in [2.24, 2.45) is 5.92 Å². The fraction of sp³-hybridized carbons (Fsp3) is 0.364. The first-order valence-electron chi connectivity index (χ1n) is 5.24. The van der Waals surface area contributed by atoms with Gasteiger partial charge in [-0.3, -0.25) is 0 Å². The molecule has 0 spiro atoms. The summed E-state index contributed by atoms with van der Waals surface area (Å²) in [6.45, 7) is 2.16. The van der Waals surface area contributed by atoms with Gasteiger partial charge in [-0.2, -0.15) is 0 Å². The van der Waals surface area contributed by atoms with Gasteiger partial charge in [0, 0.05) is 12.1 Å². The number of nitrogens with one attached hydrogen (secondary N) is 1. The zero-order valence-electron chi connectivity index (χ0n) is 8.77. The number of fused-ring (bicyclic) bond motifs is 1. The molecule has 1 aliphatic rings. The molecule has 0 amide bonds. The van der Waals surface area contributed by atoms with Gasteiger partial charge in [0.1, 0.15) is 5.82 Å². The van der Waals surface area contributed by atoms with Crippen molar-refractivity contribution in [3.63, 3.8) is 0 Å². The monoisotopic (exact) mass is 217 g/mol. The van der Waals surface area contributed by atoms with Gasteiger partial charge < -0.3 is 10.1 Å². The molecule has 0 radical (unpaired) electrons. The van der Waals surface area contributed by atoms with Crippen LogP contribution in [0, 0.1) is 5.92 Å². The van der Waals surface area contributed by atoms with Crippen LogP contribution in [0.15, 0.2) is 12.3 Å². The second-order valence-electron chi connectivity index (χ2n) is 4.30. The molecule has 2 N–H and O–H groups in total. The van der Waals surface area contributed by atoms with Crippen molar-refractivity contribution in [2.45, 2.75) is 19.3 Å². The maximum atomic E-state index is 11.0. The first-order chi connectivity index (χ1) is 7.66. The zero-order valence-corrected chi connectivity index (χ0v) is 8.77. The average Bonchev–Trinajstić information content (AvgIpc) is 2.82. The Labute approximate surface area is 91.5 Å². The highest BCUT2D eigenvalue weighted by atomic mass is 16.4. The van der Waals surface area contributed by atoms with Gasteiger partial charge in [0.15, 0.2) is 5.65 Å². The van der Waals surface area contributed by atoms with Crippen LogP contribution < -0.4 is 0 Å². The van der Waals surface area contributed by atoms with Gasteiger partial charge in [0.25, 0.3) is 0 Å². The smallest absolute Gasteiger partial charge is 0.338 e. The molecule has 0 bridgehead atoms. The van der Waals surface area contributed by atoms with Gasteiger partial charge in [-0.25, -0.2) is 14.8 Å². The minimum absolute atomic E-state index is 0.233. The topological polar surface area (TPSA) is 78.9 Å². The van der Waals surface area contributed by atoms with E-state index < -0.39 is 5.97 Å². The third-order valence-corrected chi connectivity index (χ3v) is 3.10. The molecule has 2 heterocycles. The number of aromatic nitrogens is 3. The number of hydrogen-bond donors (Lipinski definition) is 2. The van der Waals surface area contributed by atoms with Gasteiger partial charge in [-0.1, -0.05) is 6.92 Å². The highest BCUT2D eigenvalue weighted by Gasteiger charge is 2.36. The molecule has 1 saturated carbocycles. The van der Waals surface area contributed by atoms with Crippen LogP contribution in [0.3, 0.4) is 0 Å². The summed E-state index contributed by atoms with van der Waals surface area (Å²) in [5.74, 6) is 0.986. The summed E-state index contributed by atoms with van der Waals surface area (Å²) in [6, 6.07) is 1.49. The molecular formula is C11H11N3O2. The van der Waals surface area contributed by atoms with Crippen LogP contribution in [0.5, 0.6) is 0 Å². The van der Waals surface area contributed by atoms with E-state index in [4.69, 9.17) is 5.11 Å². The standard InChI is InChI=1S/C11H11N3O2/c1-5-4-7(5)9-13-8-6(11(15)16)2-3-12-10(8)14-9/h2-3,5,7H,4H2,1H3,(H,15,16)(H,12,13,14). The Balaban J connectivity index is 2.16. The van der Waals surface area contributed by atoms with Crippen LogP contribution >= 0.6 is 0 Å². The van der Waals surface area contributed by atoms with E-state index in [1.165, 1.54) is 12.3 Å². The Kier molecular flexibility index (Phi) is 1.77. The van der Waals surface area contributed by atoms with Crippen LogP contribution in [0.4, 0.5) is 0 Å². The molecule has 2 aromatic heterocycles. The Morgan fingerprint density at radius 1 is 1.62 bits per heavy atom. The van der Waals surface area contributed by atoms with Crippen molar-refractivity contribution >= 4 is 17.1 Å². The quantitative estimate of drug-likeness (QED) is 0.803. The SMILES string of the molecule is CC1CC1c1nc2nccc(C(=O)O)c2[nH]1. The van der Waals surface area contributed by atoms with E-state index in [9.17, 15) is 4.79 Å². The van der Waals surface area contributed by atoms with E-state index in [1.807, 2.05) is 0 Å². The van der Waals surface area contributed by atoms with Gasteiger partial charge >= 0.3 is 5.97 Å². The van der Waals surface area contributed by atoms with Crippen molar-refractivity contribution in [2.75, 3.05) is 0 Å². The maximum Gasteiger partial charge on any atom is 0.338 e. The summed E-state index contributed by atoms with van der Waals surface area (Å²) in [5, 5.41) is 9.02. The van der Waals surface area contributed by atoms with E-state index in [2.05, 4.69) is 21.9 Å². The Hall–Kier alpha value is -1.91. The molecule has 5 heteroatoms. The largest absolute Gasteiger partial charge is 0.478 e. The molecular weight excluding hydrogens is 206 g/mol. The fourth-order valence-corrected chi connectivity index (χ4v) is 1.99. The summed E-state index contributed by atoms with van der Waals surface area (Å²) in [4.78, 5) is 22.5. The first kappa shape index (κ1) is 9.33. The molecule has 0 aromatic carbocycles. The predicted molar refractivity (Wildman–Crippen MR) is 57.4 cm³/mol. The van der Waals surface area contributed by atoms with Crippen LogP contribution in [0.25, 0.3) is 11.2 Å². The van der Waals surface area contributed by atoms with Crippen molar-refractivity contribution in [1.29, 1.82) is 0 Å².